The minimum absolute atomic E-state index is 0. The van der Waals surface area contributed by atoms with Crippen LogP contribution in [0.2, 0.25) is 20.1 Å². The number of halogens is 4. The van der Waals surface area contributed by atoms with Crippen LogP contribution in [0.4, 0.5) is 0 Å². The molecule has 0 spiro atoms. The summed E-state index contributed by atoms with van der Waals surface area (Å²) in [4.78, 5) is 155. The van der Waals surface area contributed by atoms with Crippen molar-refractivity contribution >= 4 is 143 Å². The fourth-order valence-electron chi connectivity index (χ4n) is 14.4. The molecule has 9 aromatic carbocycles. The second-order valence-electron chi connectivity index (χ2n) is 31.1. The van der Waals surface area contributed by atoms with Gasteiger partial charge in [-0.2, -0.15) is 0 Å². The average Bonchev–Trinajstić information content (AvgIpc) is 0.784. The largest absolute Gasteiger partial charge is 0.506 e. The maximum absolute atomic E-state index is 12.6. The minimum atomic E-state index is -1.00. The molecule has 37 heteroatoms. The van der Waals surface area contributed by atoms with Gasteiger partial charge in [-0.25, -0.2) is 9.59 Å². The number of aldehydes is 1. The Balaban J connectivity index is 0.000000205. The van der Waals surface area contributed by atoms with E-state index in [1.54, 1.807) is 177 Å². The molecule has 2 radical (unpaired) electrons. The fourth-order valence-corrected chi connectivity index (χ4v) is 14.9. The number of rotatable bonds is 18. The van der Waals surface area contributed by atoms with Gasteiger partial charge in [0.25, 0.3) is 51.4 Å². The average molecular weight is 2100 g/mol. The van der Waals surface area contributed by atoms with Crippen LogP contribution < -0.4 is 54.6 Å². The van der Waals surface area contributed by atoms with Gasteiger partial charge in [-0.05, 0) is 202 Å². The Morgan fingerprint density at radius 1 is 0.377 bits per heavy atom. The Kier molecular flexibility index (Phi) is 38.9. The molecule has 0 aliphatic rings. The predicted octanol–water partition coefficient (Wildman–Crippen LogP) is 13.3. The molecule has 0 aliphatic heterocycles. The van der Waals surface area contributed by atoms with Gasteiger partial charge in [-0.3, -0.25) is 58.7 Å². The number of aliphatic hydroxyl groups excluding tert-OH is 1. The number of phenols is 5. The summed E-state index contributed by atoms with van der Waals surface area (Å²) in [6, 6.07) is 52.5. The number of ether oxygens (including phenoxy) is 1. The van der Waals surface area contributed by atoms with Gasteiger partial charge in [-0.15, -0.1) is 6.07 Å². The first-order valence-electron chi connectivity index (χ1n) is 41.4. The summed E-state index contributed by atoms with van der Waals surface area (Å²) in [6.07, 6.45) is 8.47. The van der Waals surface area contributed by atoms with Gasteiger partial charge in [0, 0.05) is 215 Å². The van der Waals surface area contributed by atoms with E-state index in [9.17, 15) is 87.9 Å². The topological polar surface area (TPSA) is 450 Å². The van der Waals surface area contributed by atoms with Gasteiger partial charge < -0.3 is 95.6 Å². The van der Waals surface area contributed by atoms with E-state index < -0.39 is 40.8 Å². The molecule has 706 valence electrons. The molecule has 0 unspecified atom stereocenters. The van der Waals surface area contributed by atoms with Crippen LogP contribution in [0.5, 0.6) is 28.7 Å². The van der Waals surface area contributed by atoms with Gasteiger partial charge in [0.15, 0.2) is 11.8 Å². The Morgan fingerprint density at radius 2 is 0.659 bits per heavy atom. The maximum atomic E-state index is 12.6. The number of methoxy groups -OCH3 is 1. The van der Waals surface area contributed by atoms with E-state index in [1.165, 1.54) is 97.1 Å². The molecule has 0 fully saturated rings. The van der Waals surface area contributed by atoms with Gasteiger partial charge in [0.05, 0.1) is 68.1 Å². The van der Waals surface area contributed by atoms with Crippen LogP contribution in [-0.2, 0) is 145 Å². The van der Waals surface area contributed by atoms with E-state index in [1.807, 2.05) is 30.2 Å². The summed E-state index contributed by atoms with van der Waals surface area (Å²) in [5.41, 5.74) is 7.64. The van der Waals surface area contributed by atoms with Gasteiger partial charge >= 0.3 is 11.9 Å². The zero-order valence-electron chi connectivity index (χ0n) is 76.2. The van der Waals surface area contributed by atoms with Gasteiger partial charge in [0.2, 0.25) is 0 Å². The number of carboxylic acid groups (broad SMARTS) is 1. The van der Waals surface area contributed by atoms with Crippen LogP contribution in [0.25, 0.3) is 54.5 Å². The van der Waals surface area contributed by atoms with Crippen molar-refractivity contribution in [2.24, 2.45) is 42.3 Å². The van der Waals surface area contributed by atoms with E-state index in [0.29, 0.717) is 129 Å². The van der Waals surface area contributed by atoms with Crippen LogP contribution in [-0.4, -0.2) is 119 Å². The number of aliphatic hydroxyl groups is 1. The van der Waals surface area contributed by atoms with Gasteiger partial charge in [-0.1, -0.05) is 100 Å². The number of nitrogens with one attached hydrogen (secondary N) is 4. The number of nitrogens with zero attached hydrogens (tertiary/aromatic N) is 6. The van der Waals surface area contributed by atoms with Crippen molar-refractivity contribution in [2.45, 2.75) is 66.7 Å². The molecule has 0 atom stereocenters. The molecule has 6 aromatic heterocycles. The zero-order valence-corrected chi connectivity index (χ0v) is 84.9. The number of hydrogen-bond donors (Lipinski definition) is 11. The number of phenolic OH excluding ortho intramolecular Hbond substituents is 5. The Morgan fingerprint density at radius 3 is 0.978 bits per heavy atom. The maximum Gasteiger partial charge on any atom is 0.341 e. The molecule has 0 aliphatic carbocycles. The van der Waals surface area contributed by atoms with Crippen molar-refractivity contribution in [2.75, 3.05) is 13.7 Å². The molecule has 15 aromatic rings. The van der Waals surface area contributed by atoms with Crippen molar-refractivity contribution < 1.29 is 139 Å². The summed E-state index contributed by atoms with van der Waals surface area (Å²) in [6.45, 7) is 7.68. The van der Waals surface area contributed by atoms with E-state index in [0.717, 1.165) is 22.3 Å². The number of aryl methyl sites for hydroxylation is 9. The summed E-state index contributed by atoms with van der Waals surface area (Å²) < 4.78 is 12.8. The zero-order chi connectivity index (χ0) is 99.7. The molecule has 6 heterocycles. The summed E-state index contributed by atoms with van der Waals surface area (Å²) in [5, 5.41) is 85.4. The molecular formula is C101H91Cl4N10O21Y2-. The van der Waals surface area contributed by atoms with E-state index in [4.69, 9.17) is 63.0 Å². The Hall–Kier alpha value is -13.6. The number of amides is 4. The molecule has 0 saturated carbocycles. The van der Waals surface area contributed by atoms with Crippen molar-refractivity contribution in [3.63, 3.8) is 0 Å². The summed E-state index contributed by atoms with van der Waals surface area (Å²) in [7, 11) is 10.7. The number of aromatic hydroxyl groups is 5. The molecule has 31 nitrogen and oxygen atoms in total. The fraction of sp³-hybridized carbons (Fsp3) is 0.178. The number of hydrogen-bond acceptors (Lipinski definition) is 20. The Labute approximate surface area is 858 Å². The summed E-state index contributed by atoms with van der Waals surface area (Å²) >= 11 is 23.4. The number of aromatic nitrogens is 6. The standard InChI is InChI=1S/C21H21ClN2O4.C20H14ClN2O3.C19H15ClN2O4.C19H17ClN2O3.C13H13NO4.C9H11NO3.2Y/c1-24-18-9-8-16(20(27)23-12-13-4-6-15(22)7-5-13)19(26)17(18)11-14(21(24)28)3-2-10-25;1-3-13-10-16-17(23(2)20(13)26)9-8-15(18(16)24)19(25)22-11-12-4-6-14(21)7-5-12;1-22-16-7-6-14(17(24)15(16)8-12(10-23)19(22)26)18(25)21-9-11-2-4-13(20)5-3-11;1-11-9-15-16(22(2)19(11)25)8-7-14(17(15)23)18(24)21-10-12-3-5-13(20)6-4-12;1-7-6-9-10(14(2)12(7)16)5-4-8(11(9)15)13(17)18-3;1-5-4-7(9(12)13)6(2)10(3)8(5)11;;/h4-9,11,25-26H,2-3,10,12H2,1H3,(H,23,27);4-10,24H,11H2,2H3,(H,22,25);2-8,10,24H,9H2,1H3,(H,21,25);3-9,23H,10H2,1-2H3,(H,21,24);4-6,15H,1-3H3;4H,1-3H3,(H,12,13);;/q;-1;;;;;;. The monoisotopic (exact) mass is 2100 g/mol. The second-order valence-corrected chi connectivity index (χ2v) is 32.8. The number of aromatic carboxylic acids is 1. The third-order valence-corrected chi connectivity index (χ3v) is 23.2. The van der Waals surface area contributed by atoms with Crippen molar-refractivity contribution in [1.82, 2.24) is 48.7 Å². The van der Waals surface area contributed by atoms with Crippen LogP contribution in [0.15, 0.2) is 223 Å². The van der Waals surface area contributed by atoms with Crippen molar-refractivity contribution in [1.29, 1.82) is 0 Å². The quantitative estimate of drug-likeness (QED) is 0.0164. The molecule has 11 N–H and O–H groups in total. The van der Waals surface area contributed by atoms with Crippen LogP contribution >= 0.6 is 46.4 Å². The first-order chi connectivity index (χ1) is 64.5. The molecule has 4 amide bonds. The van der Waals surface area contributed by atoms with Crippen molar-refractivity contribution in [3.8, 4) is 34.7 Å². The minimum Gasteiger partial charge on any atom is -0.506 e. The van der Waals surface area contributed by atoms with Crippen molar-refractivity contribution in [3.05, 3.63) is 377 Å². The molecule has 15 rings (SSSR count). The number of esters is 1. The number of pyridine rings is 6. The number of carbonyl (C=O) groups is 7. The SMILES string of the molecule is COC(=O)c1ccc2c(cc(C)c(=O)n2C)c1O.Cc1cc(C(=O)O)c(C)n(C)c1=O.Cc1cc2c(O)c(C(=O)NCc3ccc(Cl)cc3)ccc2n(C)c1=O.Cn1c(=O)c(C=O)cc2c(O)c(C(=O)NCc3ccc(Cl)cc3)ccc21.Cn1c(=O)c(CCCO)cc2c(O)c(C(=O)NCc3ccc(Cl)cc3)ccc21.[C-]#Cc1cc2c(O)c(C(=O)NCc3ccc(Cl)cc3)ccc2n(C)c1=O.[Y].[Y]. The third-order valence-electron chi connectivity index (χ3n) is 22.2. The number of benzene rings is 9. The molecular weight excluding hydrogens is 2010 g/mol. The summed E-state index contributed by atoms with van der Waals surface area (Å²) in [5.74, 6) is -2.30. The number of carbonyl (C=O) groups excluding carboxylic acids is 6. The molecule has 0 saturated heterocycles. The van der Waals surface area contributed by atoms with Crippen LogP contribution in [0, 0.1) is 40.0 Å². The molecule has 0 bridgehead atoms. The third kappa shape index (κ3) is 25.6. The number of fused-ring (bicyclic) bond motifs is 5. The smallest absolute Gasteiger partial charge is 0.341 e. The first-order valence-corrected chi connectivity index (χ1v) is 42.9. The van der Waals surface area contributed by atoms with E-state index in [2.05, 4.69) is 26.0 Å². The second kappa shape index (κ2) is 48.9. The van der Waals surface area contributed by atoms with E-state index >= 15 is 0 Å². The molecule has 138 heavy (non-hydrogen) atoms. The van der Waals surface area contributed by atoms with Crippen LogP contribution in [0.1, 0.15) is 135 Å². The Bertz CT molecular complexity index is 7710. The van der Waals surface area contributed by atoms with Gasteiger partial charge in [0.1, 0.15) is 34.3 Å². The first kappa shape index (κ1) is 110. The van der Waals surface area contributed by atoms with Crippen LogP contribution in [0.3, 0.4) is 0 Å². The van der Waals surface area contributed by atoms with E-state index in [-0.39, 0.29) is 192 Å². The number of carboxylic acids is 1. The normalized spacial score (nSPS) is 10.5. The predicted molar refractivity (Wildman–Crippen MR) is 521 cm³/mol.